The molecular weight excluding hydrogens is 397 g/mol. The van der Waals surface area contributed by atoms with Crippen LogP contribution in [0.1, 0.15) is 27.7 Å². The molecule has 0 aliphatic carbocycles. The zero-order chi connectivity index (χ0) is 19.6. The van der Waals surface area contributed by atoms with Gasteiger partial charge in [0, 0.05) is 28.9 Å². The topological polar surface area (TPSA) is 65.2 Å². The molecule has 3 aromatic rings. The summed E-state index contributed by atoms with van der Waals surface area (Å²) in [4.78, 5) is 15.9. The molecule has 1 heterocycles. The Kier molecular flexibility index (Phi) is 5.58. The number of pyridine rings is 1. The van der Waals surface area contributed by atoms with Gasteiger partial charge >= 0.3 is 0 Å². The van der Waals surface area contributed by atoms with Gasteiger partial charge in [-0.05, 0) is 36.4 Å². The lowest BCUT2D eigenvalue weighted by molar-refractivity contribution is 0.0995. The molecule has 2 N–H and O–H groups in total. The van der Waals surface area contributed by atoms with Crippen molar-refractivity contribution in [2.24, 2.45) is 5.73 Å². The van der Waals surface area contributed by atoms with Crippen molar-refractivity contribution in [2.75, 3.05) is 0 Å². The second-order valence-electron chi connectivity index (χ2n) is 5.54. The van der Waals surface area contributed by atoms with Gasteiger partial charge in [0.05, 0.1) is 16.3 Å². The van der Waals surface area contributed by atoms with E-state index in [0.29, 0.717) is 11.1 Å². The molecule has 0 spiro atoms. The minimum atomic E-state index is -1.22. The van der Waals surface area contributed by atoms with Gasteiger partial charge in [-0.15, -0.1) is 0 Å². The van der Waals surface area contributed by atoms with Crippen molar-refractivity contribution in [3.63, 3.8) is 0 Å². The first-order chi connectivity index (χ1) is 12.9. The SMILES string of the molecule is NC(=O)c1cccnc1C(Oc1cc(Cl)ccc1Cl)c1ccc(F)cc1F. The van der Waals surface area contributed by atoms with Crippen LogP contribution in [0.3, 0.4) is 0 Å². The molecule has 138 valence electrons. The molecule has 1 unspecified atom stereocenters. The van der Waals surface area contributed by atoms with Gasteiger partial charge in [0.25, 0.3) is 5.91 Å². The Labute approximate surface area is 163 Å². The van der Waals surface area contributed by atoms with Crippen molar-refractivity contribution in [2.45, 2.75) is 6.10 Å². The lowest BCUT2D eigenvalue weighted by Gasteiger charge is -2.22. The van der Waals surface area contributed by atoms with E-state index in [-0.39, 0.29) is 27.6 Å². The molecule has 0 radical (unpaired) electrons. The Balaban J connectivity index is 2.18. The highest BCUT2D eigenvalue weighted by atomic mass is 35.5. The van der Waals surface area contributed by atoms with Crippen molar-refractivity contribution < 1.29 is 18.3 Å². The fourth-order valence-electron chi connectivity index (χ4n) is 2.51. The third-order valence-electron chi connectivity index (χ3n) is 3.74. The maximum atomic E-state index is 14.5. The van der Waals surface area contributed by atoms with Crippen molar-refractivity contribution in [1.29, 1.82) is 0 Å². The minimum Gasteiger partial charge on any atom is -0.478 e. The van der Waals surface area contributed by atoms with Crippen molar-refractivity contribution >= 4 is 29.1 Å². The number of primary amides is 1. The molecule has 0 aliphatic heterocycles. The molecule has 0 saturated heterocycles. The maximum Gasteiger partial charge on any atom is 0.250 e. The van der Waals surface area contributed by atoms with Crippen LogP contribution in [0.15, 0.2) is 54.7 Å². The van der Waals surface area contributed by atoms with E-state index in [0.717, 1.165) is 6.07 Å². The van der Waals surface area contributed by atoms with Gasteiger partial charge in [0.15, 0.2) is 6.10 Å². The first-order valence-corrected chi connectivity index (χ1v) is 8.44. The number of nitrogens with zero attached hydrogens (tertiary/aromatic N) is 1. The molecule has 1 aromatic heterocycles. The van der Waals surface area contributed by atoms with Gasteiger partial charge in [-0.3, -0.25) is 9.78 Å². The first-order valence-electron chi connectivity index (χ1n) is 7.68. The molecule has 1 amide bonds. The summed E-state index contributed by atoms with van der Waals surface area (Å²) in [5.74, 6) is -2.27. The van der Waals surface area contributed by atoms with Crippen LogP contribution in [0.2, 0.25) is 10.0 Å². The number of carbonyl (C=O) groups excluding carboxylic acids is 1. The fourth-order valence-corrected chi connectivity index (χ4v) is 2.83. The van der Waals surface area contributed by atoms with E-state index in [1.54, 1.807) is 6.07 Å². The summed E-state index contributed by atoms with van der Waals surface area (Å²) in [5, 5.41) is 0.548. The highest BCUT2D eigenvalue weighted by Crippen LogP contribution is 2.35. The summed E-state index contributed by atoms with van der Waals surface area (Å²) >= 11 is 12.1. The molecule has 4 nitrogen and oxygen atoms in total. The number of rotatable bonds is 5. The lowest BCUT2D eigenvalue weighted by Crippen LogP contribution is -2.21. The second kappa shape index (κ2) is 7.90. The number of halogens is 4. The number of hydrogen-bond donors (Lipinski definition) is 1. The fraction of sp³-hybridized carbons (Fsp3) is 0.0526. The quantitative estimate of drug-likeness (QED) is 0.650. The van der Waals surface area contributed by atoms with Crippen LogP contribution in [0.25, 0.3) is 0 Å². The van der Waals surface area contributed by atoms with Crippen LogP contribution in [-0.4, -0.2) is 10.9 Å². The summed E-state index contributed by atoms with van der Waals surface area (Å²) in [7, 11) is 0. The lowest BCUT2D eigenvalue weighted by atomic mass is 10.0. The summed E-state index contributed by atoms with van der Waals surface area (Å²) in [6.07, 6.45) is 0.185. The summed E-state index contributed by atoms with van der Waals surface area (Å²) < 4.78 is 33.7. The zero-order valence-electron chi connectivity index (χ0n) is 13.6. The summed E-state index contributed by atoms with van der Waals surface area (Å²) in [6, 6.07) is 10.4. The Morgan fingerprint density at radius 3 is 2.59 bits per heavy atom. The normalized spacial score (nSPS) is 11.9. The van der Waals surface area contributed by atoms with E-state index in [2.05, 4.69) is 4.98 Å². The van der Waals surface area contributed by atoms with Gasteiger partial charge in [0.1, 0.15) is 17.4 Å². The predicted molar refractivity (Wildman–Crippen MR) is 98.0 cm³/mol. The number of hydrogen-bond acceptors (Lipinski definition) is 3. The van der Waals surface area contributed by atoms with E-state index >= 15 is 0 Å². The standard InChI is InChI=1S/C19H12Cl2F2N2O2/c20-10-3-6-14(21)16(8-10)27-18(12-5-4-11(22)9-15(12)23)17-13(19(24)26)2-1-7-25-17/h1-9,18H,(H2,24,26). The average molecular weight is 409 g/mol. The molecular formula is C19H12Cl2F2N2O2. The van der Waals surface area contributed by atoms with E-state index in [9.17, 15) is 13.6 Å². The Morgan fingerprint density at radius 2 is 1.89 bits per heavy atom. The van der Waals surface area contributed by atoms with E-state index < -0.39 is 23.6 Å². The van der Waals surface area contributed by atoms with Gasteiger partial charge in [-0.2, -0.15) is 0 Å². The molecule has 8 heteroatoms. The van der Waals surface area contributed by atoms with Crippen LogP contribution in [-0.2, 0) is 0 Å². The van der Waals surface area contributed by atoms with Gasteiger partial charge in [-0.25, -0.2) is 8.78 Å². The molecule has 1 atom stereocenters. The molecule has 0 bridgehead atoms. The average Bonchev–Trinajstić information content (AvgIpc) is 2.63. The Morgan fingerprint density at radius 1 is 1.11 bits per heavy atom. The number of aromatic nitrogens is 1. The molecule has 2 aromatic carbocycles. The van der Waals surface area contributed by atoms with Crippen molar-refractivity contribution in [3.05, 3.63) is 93.2 Å². The largest absolute Gasteiger partial charge is 0.478 e. The number of nitrogens with two attached hydrogens (primary N) is 1. The van der Waals surface area contributed by atoms with Gasteiger partial charge in [0.2, 0.25) is 0 Å². The van der Waals surface area contributed by atoms with E-state index in [1.165, 1.54) is 36.5 Å². The number of ether oxygens (including phenoxy) is 1. The third-order valence-corrected chi connectivity index (χ3v) is 4.28. The van der Waals surface area contributed by atoms with E-state index in [4.69, 9.17) is 33.7 Å². The van der Waals surface area contributed by atoms with Gasteiger partial charge < -0.3 is 10.5 Å². The maximum absolute atomic E-state index is 14.5. The molecule has 27 heavy (non-hydrogen) atoms. The van der Waals surface area contributed by atoms with Crippen LogP contribution < -0.4 is 10.5 Å². The van der Waals surface area contributed by atoms with Crippen LogP contribution in [0.4, 0.5) is 8.78 Å². The minimum absolute atomic E-state index is 0.0318. The monoisotopic (exact) mass is 408 g/mol. The smallest absolute Gasteiger partial charge is 0.250 e. The molecule has 3 rings (SSSR count). The first kappa shape index (κ1) is 19.1. The highest BCUT2D eigenvalue weighted by molar-refractivity contribution is 6.34. The summed E-state index contributed by atoms with van der Waals surface area (Å²) in [6.45, 7) is 0. The van der Waals surface area contributed by atoms with Gasteiger partial charge in [-0.1, -0.05) is 23.2 Å². The summed E-state index contributed by atoms with van der Waals surface area (Å²) in [5.41, 5.74) is 5.45. The number of carbonyl (C=O) groups is 1. The zero-order valence-corrected chi connectivity index (χ0v) is 15.1. The van der Waals surface area contributed by atoms with Crippen LogP contribution in [0.5, 0.6) is 5.75 Å². The Bertz CT molecular complexity index is 1010. The third kappa shape index (κ3) is 4.18. The molecule has 0 fully saturated rings. The predicted octanol–water partition coefficient (Wildman–Crippen LogP) is 4.93. The van der Waals surface area contributed by atoms with Crippen LogP contribution in [0, 0.1) is 11.6 Å². The molecule has 0 saturated carbocycles. The van der Waals surface area contributed by atoms with Crippen molar-refractivity contribution in [1.82, 2.24) is 4.98 Å². The second-order valence-corrected chi connectivity index (χ2v) is 6.38. The number of benzene rings is 2. The Hall–Kier alpha value is -2.70. The molecule has 0 aliphatic rings. The van der Waals surface area contributed by atoms with E-state index in [1.807, 2.05) is 0 Å². The highest BCUT2D eigenvalue weighted by Gasteiger charge is 2.27. The van der Waals surface area contributed by atoms with Crippen molar-refractivity contribution in [3.8, 4) is 5.75 Å². The number of amides is 1. The van der Waals surface area contributed by atoms with Crippen LogP contribution >= 0.6 is 23.2 Å².